The highest BCUT2D eigenvalue weighted by atomic mass is 32.2. The number of rotatable bonds is 3. The highest BCUT2D eigenvalue weighted by Gasteiger charge is 2.30. The van der Waals surface area contributed by atoms with Crippen molar-refractivity contribution in [2.75, 3.05) is 13.7 Å². The predicted octanol–water partition coefficient (Wildman–Crippen LogP) is 0.920. The lowest BCUT2D eigenvalue weighted by Crippen LogP contribution is -2.06. The van der Waals surface area contributed by atoms with E-state index in [9.17, 15) is 8.42 Å². The van der Waals surface area contributed by atoms with Gasteiger partial charge in [0.15, 0.2) is 0 Å². The second-order valence-electron chi connectivity index (χ2n) is 3.58. The first-order valence-corrected chi connectivity index (χ1v) is 6.36. The van der Waals surface area contributed by atoms with E-state index in [2.05, 4.69) is 0 Å². The fourth-order valence-electron chi connectivity index (χ4n) is 1.81. The number of benzene rings is 1. The molecule has 0 spiro atoms. The first-order valence-electron chi connectivity index (χ1n) is 4.88. The molecule has 0 amide bonds. The molecule has 5 heteroatoms. The van der Waals surface area contributed by atoms with Crippen molar-refractivity contribution in [3.8, 4) is 0 Å². The second-order valence-corrected chi connectivity index (χ2v) is 5.55. The van der Waals surface area contributed by atoms with Gasteiger partial charge in [0.1, 0.15) is 0 Å². The zero-order chi connectivity index (χ0) is 11.8. The SMILES string of the molecule is COCC1=Cc2c(CN)cccc2S1(=O)=O. The molecule has 1 heterocycles. The molecule has 1 aromatic rings. The van der Waals surface area contributed by atoms with E-state index in [4.69, 9.17) is 10.5 Å². The van der Waals surface area contributed by atoms with E-state index in [0.717, 1.165) is 5.56 Å². The third kappa shape index (κ3) is 1.57. The monoisotopic (exact) mass is 239 g/mol. The molecule has 0 atom stereocenters. The Labute approximate surface area is 94.6 Å². The average Bonchev–Trinajstić information content (AvgIpc) is 2.52. The number of nitrogens with two attached hydrogens (primary N) is 1. The first-order chi connectivity index (χ1) is 7.61. The van der Waals surface area contributed by atoms with E-state index in [1.165, 1.54) is 7.11 Å². The standard InChI is InChI=1S/C11H13NO3S/c1-15-7-9-5-10-8(6-12)3-2-4-11(10)16(9,13)14/h2-5H,6-7,12H2,1H3. The Morgan fingerprint density at radius 3 is 2.75 bits per heavy atom. The van der Waals surface area contributed by atoms with Crippen LogP contribution >= 0.6 is 0 Å². The summed E-state index contributed by atoms with van der Waals surface area (Å²) in [5, 5.41) is 0. The van der Waals surface area contributed by atoms with Crippen LogP contribution in [0.15, 0.2) is 28.0 Å². The van der Waals surface area contributed by atoms with Crippen molar-refractivity contribution in [2.45, 2.75) is 11.4 Å². The van der Waals surface area contributed by atoms with Gasteiger partial charge in [-0.2, -0.15) is 0 Å². The summed E-state index contributed by atoms with van der Waals surface area (Å²) in [6.45, 7) is 0.427. The molecule has 1 aromatic carbocycles. The molecule has 2 N–H and O–H groups in total. The quantitative estimate of drug-likeness (QED) is 0.851. The van der Waals surface area contributed by atoms with Gasteiger partial charge in [0.05, 0.1) is 16.4 Å². The lowest BCUT2D eigenvalue weighted by Gasteiger charge is -2.04. The van der Waals surface area contributed by atoms with Crippen LogP contribution in [0.4, 0.5) is 0 Å². The van der Waals surface area contributed by atoms with Gasteiger partial charge in [-0.25, -0.2) is 8.42 Å². The van der Waals surface area contributed by atoms with Gasteiger partial charge in [0, 0.05) is 13.7 Å². The number of hydrogen-bond acceptors (Lipinski definition) is 4. The van der Waals surface area contributed by atoms with Crippen LogP contribution in [0.3, 0.4) is 0 Å². The van der Waals surface area contributed by atoms with Crippen molar-refractivity contribution in [1.82, 2.24) is 0 Å². The van der Waals surface area contributed by atoms with Crippen molar-refractivity contribution in [1.29, 1.82) is 0 Å². The molecule has 0 radical (unpaired) electrons. The first kappa shape index (κ1) is 11.3. The summed E-state index contributed by atoms with van der Waals surface area (Å²) in [6.07, 6.45) is 1.65. The summed E-state index contributed by atoms with van der Waals surface area (Å²) in [4.78, 5) is 0.633. The van der Waals surface area contributed by atoms with Gasteiger partial charge < -0.3 is 10.5 Å². The Morgan fingerprint density at radius 1 is 1.38 bits per heavy atom. The normalized spacial score (nSPS) is 17.0. The minimum Gasteiger partial charge on any atom is -0.379 e. The Kier molecular flexibility index (Phi) is 2.84. The fraction of sp³-hybridized carbons (Fsp3) is 0.273. The van der Waals surface area contributed by atoms with E-state index >= 15 is 0 Å². The molecule has 0 aliphatic carbocycles. The summed E-state index contributed by atoms with van der Waals surface area (Å²) < 4.78 is 29.0. The van der Waals surface area contributed by atoms with Gasteiger partial charge >= 0.3 is 0 Å². The summed E-state index contributed by atoms with van der Waals surface area (Å²) >= 11 is 0. The highest BCUT2D eigenvalue weighted by Crippen LogP contribution is 2.34. The van der Waals surface area contributed by atoms with Gasteiger partial charge in [0.25, 0.3) is 0 Å². The molecule has 16 heavy (non-hydrogen) atoms. The van der Waals surface area contributed by atoms with Crippen LogP contribution in [-0.2, 0) is 21.1 Å². The minimum absolute atomic E-state index is 0.0982. The summed E-state index contributed by atoms with van der Waals surface area (Å²) in [6, 6.07) is 5.14. The van der Waals surface area contributed by atoms with E-state index in [0.29, 0.717) is 21.9 Å². The van der Waals surface area contributed by atoms with E-state index < -0.39 is 9.84 Å². The lowest BCUT2D eigenvalue weighted by atomic mass is 10.1. The second kappa shape index (κ2) is 4.01. The van der Waals surface area contributed by atoms with Crippen molar-refractivity contribution >= 4 is 15.9 Å². The number of hydrogen-bond donors (Lipinski definition) is 1. The minimum atomic E-state index is -3.36. The van der Waals surface area contributed by atoms with Gasteiger partial charge in [0.2, 0.25) is 9.84 Å². The summed E-state index contributed by atoms with van der Waals surface area (Å²) in [5.74, 6) is 0. The van der Waals surface area contributed by atoms with Crippen molar-refractivity contribution < 1.29 is 13.2 Å². The molecule has 0 aromatic heterocycles. The van der Waals surface area contributed by atoms with Gasteiger partial charge in [-0.15, -0.1) is 0 Å². The van der Waals surface area contributed by atoms with Crippen LogP contribution < -0.4 is 5.73 Å². The van der Waals surface area contributed by atoms with Crippen molar-refractivity contribution in [3.05, 3.63) is 34.2 Å². The molecule has 0 bridgehead atoms. The summed E-state index contributed by atoms with van der Waals surface area (Å²) in [7, 11) is -1.89. The van der Waals surface area contributed by atoms with Crippen LogP contribution in [0, 0.1) is 0 Å². The van der Waals surface area contributed by atoms with Gasteiger partial charge in [-0.05, 0) is 23.3 Å². The van der Waals surface area contributed by atoms with Crippen LogP contribution in [0.1, 0.15) is 11.1 Å². The maximum absolute atomic E-state index is 12.1. The van der Waals surface area contributed by atoms with Gasteiger partial charge in [-0.3, -0.25) is 0 Å². The topological polar surface area (TPSA) is 69.4 Å². The lowest BCUT2D eigenvalue weighted by molar-refractivity contribution is 0.231. The zero-order valence-corrected chi connectivity index (χ0v) is 9.75. The smallest absolute Gasteiger partial charge is 0.205 e. The van der Waals surface area contributed by atoms with Crippen LogP contribution in [0.2, 0.25) is 0 Å². The number of ether oxygens (including phenoxy) is 1. The largest absolute Gasteiger partial charge is 0.379 e. The average molecular weight is 239 g/mol. The molecule has 86 valence electrons. The van der Waals surface area contributed by atoms with E-state index in [1.54, 1.807) is 18.2 Å². The maximum atomic E-state index is 12.1. The van der Waals surface area contributed by atoms with Gasteiger partial charge in [-0.1, -0.05) is 12.1 Å². The Morgan fingerprint density at radius 2 is 2.12 bits per heavy atom. The van der Waals surface area contributed by atoms with E-state index in [-0.39, 0.29) is 6.61 Å². The maximum Gasteiger partial charge on any atom is 0.205 e. The summed E-state index contributed by atoms with van der Waals surface area (Å²) in [5.41, 5.74) is 7.12. The molecular formula is C11H13NO3S. The Bertz CT molecular complexity index is 546. The number of sulfone groups is 1. The Hall–Kier alpha value is -1.17. The number of fused-ring (bicyclic) bond motifs is 1. The van der Waals surface area contributed by atoms with Crippen LogP contribution in [0.25, 0.3) is 6.08 Å². The third-order valence-electron chi connectivity index (χ3n) is 2.60. The van der Waals surface area contributed by atoms with Crippen LogP contribution in [0.5, 0.6) is 0 Å². The molecule has 0 saturated heterocycles. The molecule has 0 saturated carbocycles. The zero-order valence-electron chi connectivity index (χ0n) is 8.93. The molecule has 1 aliphatic heterocycles. The molecule has 4 nitrogen and oxygen atoms in total. The van der Waals surface area contributed by atoms with E-state index in [1.807, 2.05) is 6.07 Å². The predicted molar refractivity (Wildman–Crippen MR) is 61.4 cm³/mol. The third-order valence-corrected chi connectivity index (χ3v) is 4.46. The van der Waals surface area contributed by atoms with Crippen molar-refractivity contribution in [3.63, 3.8) is 0 Å². The van der Waals surface area contributed by atoms with Crippen LogP contribution in [-0.4, -0.2) is 22.1 Å². The molecule has 0 fully saturated rings. The molecule has 1 aliphatic rings. The number of methoxy groups -OCH3 is 1. The fourth-order valence-corrected chi connectivity index (χ4v) is 3.37. The molecule has 0 unspecified atom stereocenters. The Balaban J connectivity index is 2.62. The molecular weight excluding hydrogens is 226 g/mol. The highest BCUT2D eigenvalue weighted by molar-refractivity contribution is 7.95. The van der Waals surface area contributed by atoms with Crippen molar-refractivity contribution in [2.24, 2.45) is 5.73 Å². The molecule has 2 rings (SSSR count).